The molecule has 3 heteroatoms. The zero-order valence-corrected chi connectivity index (χ0v) is 28.9. The van der Waals surface area contributed by atoms with Crippen molar-refractivity contribution in [3.8, 4) is 11.5 Å². The van der Waals surface area contributed by atoms with Crippen molar-refractivity contribution in [3.05, 3.63) is 173 Å². The molecule has 0 heterocycles. The standard InChI is InChI=1S/C46H39O2P/c1-47-41-28-22-30-12-6-8-16-33(30)45(41)39-26-24-37-35(39)18-10-20-43(37)49(32-14-4-3-5-15-32)44-21-11-19-36-38(44)25-27-40(36)46-34-17-9-7-13-31(34)23-29-42(46)48-2/h3-23,28-29,39-40H,24-27H2,1-2H3. The lowest BCUT2D eigenvalue weighted by molar-refractivity contribution is 0.408. The maximum atomic E-state index is 6.03. The summed E-state index contributed by atoms with van der Waals surface area (Å²) < 4.78 is 12.1. The molecule has 0 amide bonds. The van der Waals surface area contributed by atoms with Gasteiger partial charge in [-0.15, -0.1) is 0 Å². The van der Waals surface area contributed by atoms with Crippen molar-refractivity contribution in [2.45, 2.75) is 37.5 Å². The molecule has 7 aromatic carbocycles. The normalized spacial score (nSPS) is 17.2. The van der Waals surface area contributed by atoms with Gasteiger partial charge in [0.15, 0.2) is 0 Å². The highest BCUT2D eigenvalue weighted by atomic mass is 31.1. The Morgan fingerprint density at radius 3 is 1.43 bits per heavy atom. The average Bonchev–Trinajstić information content (AvgIpc) is 3.80. The molecule has 2 aliphatic rings. The third kappa shape index (κ3) is 4.96. The van der Waals surface area contributed by atoms with E-state index >= 15 is 0 Å². The van der Waals surface area contributed by atoms with E-state index in [-0.39, 0.29) is 0 Å². The minimum absolute atomic E-state index is 0.299. The monoisotopic (exact) mass is 654 g/mol. The Hall–Kier alpha value is -4.91. The molecule has 2 nitrogen and oxygen atoms in total. The van der Waals surface area contributed by atoms with Gasteiger partial charge in [-0.25, -0.2) is 0 Å². The topological polar surface area (TPSA) is 18.5 Å². The van der Waals surface area contributed by atoms with Crippen molar-refractivity contribution < 1.29 is 9.47 Å². The summed E-state index contributed by atoms with van der Waals surface area (Å²) in [5.74, 6) is 2.58. The molecule has 0 aliphatic heterocycles. The summed E-state index contributed by atoms with van der Waals surface area (Å²) in [6.45, 7) is 0. The SMILES string of the molecule is COc1ccc2ccccc2c1C1CCc2c1cccc2P(c1ccccc1)c1cccc2c1CCC2c1c(OC)ccc2ccccc12. The molecular weight excluding hydrogens is 615 g/mol. The van der Waals surface area contributed by atoms with Crippen LogP contribution in [0.1, 0.15) is 58.1 Å². The van der Waals surface area contributed by atoms with E-state index < -0.39 is 7.92 Å². The van der Waals surface area contributed by atoms with Gasteiger partial charge in [0.05, 0.1) is 14.2 Å². The van der Waals surface area contributed by atoms with Crippen LogP contribution in [0.2, 0.25) is 0 Å². The lowest BCUT2D eigenvalue weighted by Gasteiger charge is -2.26. The van der Waals surface area contributed by atoms with Crippen molar-refractivity contribution in [2.75, 3.05) is 14.2 Å². The molecule has 0 radical (unpaired) electrons. The lowest BCUT2D eigenvalue weighted by Crippen LogP contribution is -2.25. The van der Waals surface area contributed by atoms with E-state index in [0.717, 1.165) is 37.2 Å². The Kier molecular flexibility index (Phi) is 7.71. The van der Waals surface area contributed by atoms with Gasteiger partial charge in [-0.1, -0.05) is 127 Å². The van der Waals surface area contributed by atoms with Crippen LogP contribution in [0.5, 0.6) is 11.5 Å². The van der Waals surface area contributed by atoms with Gasteiger partial charge in [-0.05, 0) is 105 Å². The van der Waals surface area contributed by atoms with Gasteiger partial charge in [0, 0.05) is 23.0 Å². The summed E-state index contributed by atoms with van der Waals surface area (Å²) in [6.07, 6.45) is 4.31. The van der Waals surface area contributed by atoms with E-state index in [9.17, 15) is 0 Å². The van der Waals surface area contributed by atoms with Gasteiger partial charge in [0.2, 0.25) is 0 Å². The largest absolute Gasteiger partial charge is 0.496 e. The molecule has 0 saturated carbocycles. The number of fused-ring (bicyclic) bond motifs is 4. The Balaban J connectivity index is 1.21. The van der Waals surface area contributed by atoms with Crippen molar-refractivity contribution >= 4 is 45.4 Å². The summed E-state index contributed by atoms with van der Waals surface area (Å²) in [7, 11) is 2.84. The molecule has 240 valence electrons. The number of benzene rings is 7. The summed E-state index contributed by atoms with van der Waals surface area (Å²) in [6, 6.07) is 51.8. The van der Waals surface area contributed by atoms with Gasteiger partial charge >= 0.3 is 0 Å². The van der Waals surface area contributed by atoms with Crippen LogP contribution in [0.3, 0.4) is 0 Å². The Labute approximate surface area is 290 Å². The van der Waals surface area contributed by atoms with E-state index in [1.54, 1.807) is 0 Å². The maximum Gasteiger partial charge on any atom is 0.123 e. The van der Waals surface area contributed by atoms with Crippen LogP contribution >= 0.6 is 7.92 Å². The van der Waals surface area contributed by atoms with E-state index in [4.69, 9.17) is 9.47 Å². The first-order chi connectivity index (χ1) is 24.2. The summed E-state index contributed by atoms with van der Waals surface area (Å²) >= 11 is 0. The Morgan fingerprint density at radius 2 is 0.939 bits per heavy atom. The van der Waals surface area contributed by atoms with Crippen molar-refractivity contribution in [2.24, 2.45) is 0 Å². The summed E-state index contributed by atoms with van der Waals surface area (Å²) in [5, 5.41) is 9.55. The van der Waals surface area contributed by atoms with Crippen LogP contribution in [-0.4, -0.2) is 14.2 Å². The molecule has 2 aliphatic carbocycles. The first kappa shape index (κ1) is 30.2. The Bertz CT molecular complexity index is 2200. The fraction of sp³-hybridized carbons (Fsp3) is 0.174. The zero-order chi connectivity index (χ0) is 32.9. The highest BCUT2D eigenvalue weighted by Crippen LogP contribution is 2.50. The van der Waals surface area contributed by atoms with Crippen molar-refractivity contribution in [1.82, 2.24) is 0 Å². The second-order valence-electron chi connectivity index (χ2n) is 13.3. The number of hydrogen-bond acceptors (Lipinski definition) is 2. The number of methoxy groups -OCH3 is 2. The van der Waals surface area contributed by atoms with Crippen LogP contribution < -0.4 is 25.4 Å². The molecule has 2 unspecified atom stereocenters. The maximum absolute atomic E-state index is 6.03. The van der Waals surface area contributed by atoms with Crippen LogP contribution in [-0.2, 0) is 12.8 Å². The number of rotatable bonds is 7. The highest BCUT2D eigenvalue weighted by Gasteiger charge is 2.35. The van der Waals surface area contributed by atoms with Crippen LogP contribution in [0.4, 0.5) is 0 Å². The Morgan fingerprint density at radius 1 is 0.469 bits per heavy atom. The first-order valence-electron chi connectivity index (χ1n) is 17.4. The summed E-state index contributed by atoms with van der Waals surface area (Å²) in [5.41, 5.74) is 8.63. The fourth-order valence-electron chi connectivity index (χ4n) is 8.90. The molecule has 2 atom stereocenters. The minimum Gasteiger partial charge on any atom is -0.496 e. The number of ether oxygens (including phenoxy) is 2. The third-order valence-corrected chi connectivity index (χ3v) is 13.6. The molecule has 9 rings (SSSR count). The molecular formula is C46H39O2P. The molecule has 7 aromatic rings. The highest BCUT2D eigenvalue weighted by molar-refractivity contribution is 7.80. The van der Waals surface area contributed by atoms with Gasteiger partial charge in [0.1, 0.15) is 11.5 Å². The van der Waals surface area contributed by atoms with Crippen molar-refractivity contribution in [1.29, 1.82) is 0 Å². The van der Waals surface area contributed by atoms with Gasteiger partial charge < -0.3 is 9.47 Å². The van der Waals surface area contributed by atoms with E-state index in [0.29, 0.717) is 11.8 Å². The molecule has 0 N–H and O–H groups in total. The lowest BCUT2D eigenvalue weighted by atomic mass is 9.88. The van der Waals surface area contributed by atoms with Crippen LogP contribution in [0.15, 0.2) is 140 Å². The summed E-state index contributed by atoms with van der Waals surface area (Å²) in [4.78, 5) is 0. The predicted molar refractivity (Wildman–Crippen MR) is 206 cm³/mol. The molecule has 49 heavy (non-hydrogen) atoms. The smallest absolute Gasteiger partial charge is 0.123 e. The molecule has 0 aromatic heterocycles. The minimum atomic E-state index is -0.782. The van der Waals surface area contributed by atoms with Crippen molar-refractivity contribution in [3.63, 3.8) is 0 Å². The zero-order valence-electron chi connectivity index (χ0n) is 28.0. The molecule has 0 fully saturated rings. The van der Waals surface area contributed by atoms with E-state index in [2.05, 4.69) is 140 Å². The van der Waals surface area contributed by atoms with Crippen LogP contribution in [0, 0.1) is 0 Å². The first-order valence-corrected chi connectivity index (χ1v) is 18.8. The number of hydrogen-bond donors (Lipinski definition) is 0. The van der Waals surface area contributed by atoms with Gasteiger partial charge in [0.25, 0.3) is 0 Å². The fourth-order valence-corrected chi connectivity index (χ4v) is 11.7. The molecule has 0 saturated heterocycles. The average molecular weight is 655 g/mol. The van der Waals surface area contributed by atoms with Gasteiger partial charge in [-0.2, -0.15) is 0 Å². The second-order valence-corrected chi connectivity index (χ2v) is 15.5. The molecule has 0 spiro atoms. The van der Waals surface area contributed by atoms with Gasteiger partial charge in [-0.3, -0.25) is 0 Å². The van der Waals surface area contributed by atoms with E-state index in [1.807, 2.05) is 14.2 Å². The third-order valence-electron chi connectivity index (χ3n) is 11.0. The molecule has 0 bridgehead atoms. The second kappa shape index (κ2) is 12.5. The predicted octanol–water partition coefficient (Wildman–Crippen LogP) is 9.92. The quantitative estimate of drug-likeness (QED) is 0.159. The van der Waals surface area contributed by atoms with Crippen LogP contribution in [0.25, 0.3) is 21.5 Å². The van der Waals surface area contributed by atoms with E-state index in [1.165, 1.54) is 70.8 Å².